The van der Waals surface area contributed by atoms with Gasteiger partial charge in [0.05, 0.1) is 11.7 Å². The van der Waals surface area contributed by atoms with Gasteiger partial charge in [-0.3, -0.25) is 14.5 Å². The van der Waals surface area contributed by atoms with Crippen LogP contribution in [0.15, 0.2) is 36.4 Å². The molecule has 0 fully saturated rings. The zero-order valence-electron chi connectivity index (χ0n) is 20.8. The van der Waals surface area contributed by atoms with Gasteiger partial charge >= 0.3 is 0 Å². The molecule has 1 aliphatic rings. The van der Waals surface area contributed by atoms with E-state index in [1.807, 2.05) is 18.7 Å². The van der Waals surface area contributed by atoms with Crippen molar-refractivity contribution in [3.8, 4) is 5.75 Å². The first-order valence-electron chi connectivity index (χ1n) is 11.6. The molecule has 9 heteroatoms. The Morgan fingerprint density at radius 3 is 2.60 bits per heavy atom. The Morgan fingerprint density at radius 1 is 1.17 bits per heavy atom. The molecule has 0 aromatic heterocycles. The number of rotatable bonds is 4. The predicted octanol–water partition coefficient (Wildman–Crippen LogP) is 3.93. The second kappa shape index (κ2) is 11.6. The number of nitrogens with zero attached hydrogens (tertiary/aromatic N) is 2. The highest BCUT2D eigenvalue weighted by molar-refractivity contribution is 5.99. The van der Waals surface area contributed by atoms with Crippen LogP contribution in [0.5, 0.6) is 5.75 Å². The highest BCUT2D eigenvalue weighted by atomic mass is 19.1. The molecule has 0 spiro atoms. The normalized spacial score (nSPS) is 22.0. The number of carbonyl (C=O) groups is 2. The van der Waals surface area contributed by atoms with Crippen molar-refractivity contribution in [2.75, 3.05) is 39.2 Å². The molecule has 0 saturated heterocycles. The molecule has 35 heavy (non-hydrogen) atoms. The Balaban J connectivity index is 1.96. The zero-order chi connectivity index (χ0) is 25.7. The lowest BCUT2D eigenvalue weighted by Crippen LogP contribution is -2.46. The Hall–Kier alpha value is -3.04. The smallest absolute Gasteiger partial charge is 0.257 e. The summed E-state index contributed by atoms with van der Waals surface area (Å²) in [6.07, 6.45) is -0.293. The third-order valence-electron chi connectivity index (χ3n) is 6.28. The molecule has 2 aromatic rings. The second-order valence-corrected chi connectivity index (χ2v) is 9.15. The highest BCUT2D eigenvalue weighted by Gasteiger charge is 2.29. The van der Waals surface area contributed by atoms with Crippen molar-refractivity contribution in [3.63, 3.8) is 0 Å². The molecular formula is C26H33F2N3O4. The van der Waals surface area contributed by atoms with Crippen molar-refractivity contribution in [3.05, 3.63) is 59.2 Å². The van der Waals surface area contributed by atoms with E-state index in [1.165, 1.54) is 13.0 Å². The SMILES string of the molecule is CO[C@H]1CN(C)C(=O)c2cc(NC(C)=O)ccc2OC[C@H](C)N(Cc2cc(F)ccc2F)C[C@@H]1C. The molecule has 2 amide bonds. The summed E-state index contributed by atoms with van der Waals surface area (Å²) in [5.74, 6) is -1.12. The lowest BCUT2D eigenvalue weighted by Gasteiger charge is -2.36. The molecule has 0 unspecified atom stereocenters. The van der Waals surface area contributed by atoms with Gasteiger partial charge in [-0.05, 0) is 49.2 Å². The standard InChI is InChI=1S/C26H33F2N3O4/c1-16-12-31(13-19-10-20(27)6-8-23(19)28)17(2)15-35-24-9-7-21(29-18(3)32)11-22(24)26(33)30(4)14-25(16)34-5/h6-11,16-17,25H,12-15H2,1-5H3,(H,29,32)/t16-,17-,25-/m0/s1. The summed E-state index contributed by atoms with van der Waals surface area (Å²) < 4.78 is 40.0. The van der Waals surface area contributed by atoms with Crippen LogP contribution in [0.4, 0.5) is 14.5 Å². The lowest BCUT2D eigenvalue weighted by molar-refractivity contribution is -0.114. The van der Waals surface area contributed by atoms with Crippen LogP contribution in [0.1, 0.15) is 36.7 Å². The zero-order valence-corrected chi connectivity index (χ0v) is 20.8. The van der Waals surface area contributed by atoms with Crippen LogP contribution in [-0.4, -0.2) is 67.6 Å². The number of amides is 2. The first-order valence-corrected chi connectivity index (χ1v) is 11.6. The van der Waals surface area contributed by atoms with E-state index in [0.717, 1.165) is 12.1 Å². The fourth-order valence-corrected chi connectivity index (χ4v) is 4.24. The summed E-state index contributed by atoms with van der Waals surface area (Å²) in [5, 5.41) is 2.69. The van der Waals surface area contributed by atoms with E-state index >= 15 is 0 Å². The van der Waals surface area contributed by atoms with Gasteiger partial charge in [-0.15, -0.1) is 0 Å². The molecule has 1 N–H and O–H groups in total. The number of ether oxygens (including phenoxy) is 2. The number of benzene rings is 2. The summed E-state index contributed by atoms with van der Waals surface area (Å²) in [7, 11) is 3.28. The highest BCUT2D eigenvalue weighted by Crippen LogP contribution is 2.27. The van der Waals surface area contributed by atoms with Crippen LogP contribution >= 0.6 is 0 Å². The molecule has 3 atom stereocenters. The van der Waals surface area contributed by atoms with Gasteiger partial charge < -0.3 is 19.7 Å². The average Bonchev–Trinajstić information content (AvgIpc) is 2.81. The minimum atomic E-state index is -0.494. The van der Waals surface area contributed by atoms with Gasteiger partial charge in [-0.25, -0.2) is 8.78 Å². The van der Waals surface area contributed by atoms with Crippen LogP contribution in [0.25, 0.3) is 0 Å². The number of nitrogens with one attached hydrogen (secondary N) is 1. The lowest BCUT2D eigenvalue weighted by atomic mass is 10.0. The number of fused-ring (bicyclic) bond motifs is 1. The van der Waals surface area contributed by atoms with Gasteiger partial charge in [0.1, 0.15) is 24.0 Å². The van der Waals surface area contributed by atoms with Crippen molar-refractivity contribution in [1.82, 2.24) is 9.80 Å². The van der Waals surface area contributed by atoms with E-state index < -0.39 is 11.6 Å². The molecule has 1 aliphatic heterocycles. The maximum absolute atomic E-state index is 14.4. The van der Waals surface area contributed by atoms with E-state index in [9.17, 15) is 18.4 Å². The van der Waals surface area contributed by atoms with Crippen molar-refractivity contribution in [2.24, 2.45) is 5.92 Å². The number of hydrogen-bond donors (Lipinski definition) is 1. The largest absolute Gasteiger partial charge is 0.491 e. The first-order chi connectivity index (χ1) is 16.6. The second-order valence-electron chi connectivity index (χ2n) is 9.15. The number of halogens is 2. The summed E-state index contributed by atoms with van der Waals surface area (Å²) in [4.78, 5) is 28.4. The molecule has 7 nitrogen and oxygen atoms in total. The van der Waals surface area contributed by atoms with Gasteiger partial charge in [-0.1, -0.05) is 6.92 Å². The summed E-state index contributed by atoms with van der Waals surface area (Å²) >= 11 is 0. The van der Waals surface area contributed by atoms with Crippen molar-refractivity contribution in [1.29, 1.82) is 0 Å². The molecule has 0 saturated carbocycles. The van der Waals surface area contributed by atoms with Crippen molar-refractivity contribution >= 4 is 17.5 Å². The fourth-order valence-electron chi connectivity index (χ4n) is 4.24. The number of carbonyl (C=O) groups excluding carboxylic acids is 2. The Labute approximate surface area is 205 Å². The Kier molecular flexibility index (Phi) is 8.80. The topological polar surface area (TPSA) is 71.1 Å². The number of likely N-dealkylation sites (N-methyl/N-ethyl adjacent to an activating group) is 1. The third kappa shape index (κ3) is 6.76. The Bertz CT molecular complexity index is 1060. The predicted molar refractivity (Wildman–Crippen MR) is 129 cm³/mol. The monoisotopic (exact) mass is 489 g/mol. The molecular weight excluding hydrogens is 456 g/mol. The maximum Gasteiger partial charge on any atom is 0.257 e. The quantitative estimate of drug-likeness (QED) is 0.705. The first kappa shape index (κ1) is 26.6. The van der Waals surface area contributed by atoms with Gasteiger partial charge in [0.15, 0.2) is 0 Å². The molecule has 0 radical (unpaired) electrons. The summed E-state index contributed by atoms with van der Waals surface area (Å²) in [6.45, 7) is 6.58. The number of hydrogen-bond acceptors (Lipinski definition) is 5. The molecule has 190 valence electrons. The van der Waals surface area contributed by atoms with E-state index in [0.29, 0.717) is 30.1 Å². The molecule has 1 heterocycles. The van der Waals surface area contributed by atoms with Crippen LogP contribution in [-0.2, 0) is 16.1 Å². The van der Waals surface area contributed by atoms with Gasteiger partial charge in [0.2, 0.25) is 5.91 Å². The van der Waals surface area contributed by atoms with E-state index in [-0.39, 0.29) is 48.6 Å². The summed E-state index contributed by atoms with van der Waals surface area (Å²) in [5.41, 5.74) is 1.07. The van der Waals surface area contributed by atoms with E-state index in [2.05, 4.69) is 5.32 Å². The molecule has 0 bridgehead atoms. The summed E-state index contributed by atoms with van der Waals surface area (Å²) in [6, 6.07) is 8.17. The minimum absolute atomic E-state index is 0.0288. The number of methoxy groups -OCH3 is 1. The third-order valence-corrected chi connectivity index (χ3v) is 6.28. The minimum Gasteiger partial charge on any atom is -0.491 e. The molecule has 3 rings (SSSR count). The number of anilines is 1. The van der Waals surface area contributed by atoms with Crippen LogP contribution in [0.2, 0.25) is 0 Å². The Morgan fingerprint density at radius 2 is 1.91 bits per heavy atom. The van der Waals surface area contributed by atoms with E-state index in [1.54, 1.807) is 37.3 Å². The van der Waals surface area contributed by atoms with Crippen molar-refractivity contribution in [2.45, 2.75) is 39.5 Å². The fraction of sp³-hybridized carbons (Fsp3) is 0.462. The molecule has 2 aromatic carbocycles. The van der Waals surface area contributed by atoms with Crippen LogP contribution < -0.4 is 10.1 Å². The van der Waals surface area contributed by atoms with Gasteiger partial charge in [0, 0.05) is 58.0 Å². The van der Waals surface area contributed by atoms with Gasteiger partial charge in [0.25, 0.3) is 5.91 Å². The van der Waals surface area contributed by atoms with Crippen LogP contribution in [0, 0.1) is 17.6 Å². The van der Waals surface area contributed by atoms with E-state index in [4.69, 9.17) is 9.47 Å². The average molecular weight is 490 g/mol. The van der Waals surface area contributed by atoms with Crippen molar-refractivity contribution < 1.29 is 27.8 Å². The maximum atomic E-state index is 14.4. The van der Waals surface area contributed by atoms with Gasteiger partial charge in [-0.2, -0.15) is 0 Å². The molecule has 0 aliphatic carbocycles. The van der Waals surface area contributed by atoms with Crippen LogP contribution in [0.3, 0.4) is 0 Å².